The number of hydrogen-bond donors (Lipinski definition) is 2. The van der Waals surface area contributed by atoms with Crippen LogP contribution in [0.3, 0.4) is 0 Å². The Bertz CT molecular complexity index is 1030. The normalized spacial score (nSPS) is 10.7. The molecule has 0 aliphatic rings. The highest BCUT2D eigenvalue weighted by atomic mass is 79.9. The average molecular weight is 431 g/mol. The van der Waals surface area contributed by atoms with Gasteiger partial charge in [0, 0.05) is 15.4 Å². The summed E-state index contributed by atoms with van der Waals surface area (Å²) in [5.74, 6) is -0.0436. The summed E-state index contributed by atoms with van der Waals surface area (Å²) in [7, 11) is 1.53. The summed E-state index contributed by atoms with van der Waals surface area (Å²) in [6.07, 6.45) is 0. The van der Waals surface area contributed by atoms with Gasteiger partial charge in [0.1, 0.15) is 11.3 Å². The van der Waals surface area contributed by atoms with E-state index in [9.17, 15) is 9.59 Å². The van der Waals surface area contributed by atoms with Crippen LogP contribution in [0.4, 0.5) is 5.69 Å². The number of anilines is 1. The largest absolute Gasteiger partial charge is 0.495 e. The highest BCUT2D eigenvalue weighted by Crippen LogP contribution is 2.28. The summed E-state index contributed by atoms with van der Waals surface area (Å²) in [6.45, 7) is 3.54. The van der Waals surface area contributed by atoms with Crippen molar-refractivity contribution in [1.82, 2.24) is 5.32 Å². The number of carbonyl (C=O) groups is 2. The first kappa shape index (κ1) is 19.0. The second-order valence-electron chi connectivity index (χ2n) is 6.13. The summed E-state index contributed by atoms with van der Waals surface area (Å²) < 4.78 is 11.8. The second kappa shape index (κ2) is 7.84. The smallest absolute Gasteiger partial charge is 0.287 e. The summed E-state index contributed by atoms with van der Waals surface area (Å²) >= 11 is 3.41. The minimum Gasteiger partial charge on any atom is -0.495 e. The predicted octanol–water partition coefficient (Wildman–Crippen LogP) is 4.19. The minimum atomic E-state index is -0.439. The Morgan fingerprint density at radius 2 is 1.93 bits per heavy atom. The molecule has 0 aliphatic heterocycles. The molecule has 3 aromatic rings. The molecule has 0 atom stereocenters. The fourth-order valence-electron chi connectivity index (χ4n) is 2.76. The number of nitrogens with one attached hydrogen (secondary N) is 2. The van der Waals surface area contributed by atoms with Crippen LogP contribution in [0.25, 0.3) is 11.0 Å². The lowest BCUT2D eigenvalue weighted by Gasteiger charge is -2.11. The quantitative estimate of drug-likeness (QED) is 0.635. The Morgan fingerprint density at radius 3 is 2.67 bits per heavy atom. The Balaban J connectivity index is 1.68. The SMILES string of the molecule is COc1ccc(C)cc1NC(=O)CNC(=O)c1oc2ccc(Br)cc2c1C. The van der Waals surface area contributed by atoms with Crippen molar-refractivity contribution in [1.29, 1.82) is 0 Å². The fraction of sp³-hybridized carbons (Fsp3) is 0.200. The van der Waals surface area contributed by atoms with Crippen molar-refractivity contribution in [3.63, 3.8) is 0 Å². The molecule has 2 amide bonds. The van der Waals surface area contributed by atoms with E-state index < -0.39 is 5.91 Å². The molecule has 140 valence electrons. The Hall–Kier alpha value is -2.80. The highest BCUT2D eigenvalue weighted by molar-refractivity contribution is 9.10. The number of benzene rings is 2. The minimum absolute atomic E-state index is 0.184. The van der Waals surface area contributed by atoms with Crippen molar-refractivity contribution in [3.05, 3.63) is 57.8 Å². The van der Waals surface area contributed by atoms with Gasteiger partial charge in [-0.15, -0.1) is 0 Å². The van der Waals surface area contributed by atoms with E-state index in [1.54, 1.807) is 18.2 Å². The lowest BCUT2D eigenvalue weighted by Crippen LogP contribution is -2.33. The first-order valence-electron chi connectivity index (χ1n) is 8.30. The maximum Gasteiger partial charge on any atom is 0.287 e. The Labute approximate surface area is 165 Å². The third-order valence-corrected chi connectivity index (χ3v) is 4.64. The lowest BCUT2D eigenvalue weighted by atomic mass is 10.1. The molecule has 0 unspecified atom stereocenters. The molecule has 0 aliphatic carbocycles. The fourth-order valence-corrected chi connectivity index (χ4v) is 3.13. The van der Waals surface area contributed by atoms with E-state index in [-0.39, 0.29) is 18.2 Å². The van der Waals surface area contributed by atoms with Gasteiger partial charge in [-0.3, -0.25) is 9.59 Å². The van der Waals surface area contributed by atoms with Crippen LogP contribution < -0.4 is 15.4 Å². The topological polar surface area (TPSA) is 80.6 Å². The van der Waals surface area contributed by atoms with Crippen LogP contribution >= 0.6 is 15.9 Å². The molecule has 7 heteroatoms. The third kappa shape index (κ3) is 4.14. The summed E-state index contributed by atoms with van der Waals surface area (Å²) in [6, 6.07) is 11.0. The van der Waals surface area contributed by atoms with E-state index in [1.807, 2.05) is 32.0 Å². The van der Waals surface area contributed by atoms with Crippen LogP contribution in [0.15, 0.2) is 45.3 Å². The van der Waals surface area contributed by atoms with E-state index in [0.717, 1.165) is 21.0 Å². The summed E-state index contributed by atoms with van der Waals surface area (Å²) in [5, 5.41) is 6.18. The van der Waals surface area contributed by atoms with Crippen LogP contribution in [-0.4, -0.2) is 25.5 Å². The van der Waals surface area contributed by atoms with Crippen LogP contribution in [0, 0.1) is 13.8 Å². The number of hydrogen-bond acceptors (Lipinski definition) is 4. The number of rotatable bonds is 5. The second-order valence-corrected chi connectivity index (χ2v) is 7.05. The number of methoxy groups -OCH3 is 1. The van der Waals surface area contributed by atoms with Gasteiger partial charge in [0.05, 0.1) is 19.3 Å². The highest BCUT2D eigenvalue weighted by Gasteiger charge is 2.18. The summed E-state index contributed by atoms with van der Waals surface area (Å²) in [4.78, 5) is 24.6. The van der Waals surface area contributed by atoms with E-state index >= 15 is 0 Å². The zero-order chi connectivity index (χ0) is 19.6. The van der Waals surface area contributed by atoms with Crippen molar-refractivity contribution in [3.8, 4) is 5.75 Å². The Kier molecular flexibility index (Phi) is 5.51. The molecule has 2 aromatic carbocycles. The molecule has 1 heterocycles. The molecule has 0 saturated heterocycles. The van der Waals surface area contributed by atoms with Gasteiger partial charge in [-0.1, -0.05) is 22.0 Å². The first-order valence-corrected chi connectivity index (χ1v) is 9.09. The van der Waals surface area contributed by atoms with Gasteiger partial charge in [0.15, 0.2) is 5.76 Å². The van der Waals surface area contributed by atoms with Crippen molar-refractivity contribution in [2.45, 2.75) is 13.8 Å². The monoisotopic (exact) mass is 430 g/mol. The molecule has 3 rings (SSSR count). The third-order valence-electron chi connectivity index (χ3n) is 4.14. The van der Waals surface area contributed by atoms with Crippen LogP contribution in [0.1, 0.15) is 21.7 Å². The maximum absolute atomic E-state index is 12.4. The number of aryl methyl sites for hydroxylation is 2. The van der Waals surface area contributed by atoms with Crippen LogP contribution in [0.5, 0.6) is 5.75 Å². The number of furan rings is 1. The van der Waals surface area contributed by atoms with Crippen molar-refractivity contribution >= 4 is 44.4 Å². The van der Waals surface area contributed by atoms with Gasteiger partial charge < -0.3 is 19.8 Å². The van der Waals surface area contributed by atoms with Crippen LogP contribution in [-0.2, 0) is 4.79 Å². The molecule has 0 radical (unpaired) electrons. The van der Waals surface area contributed by atoms with E-state index in [2.05, 4.69) is 26.6 Å². The van der Waals surface area contributed by atoms with Gasteiger partial charge >= 0.3 is 0 Å². The number of carbonyl (C=O) groups excluding carboxylic acids is 2. The standard InChI is InChI=1S/C20H19BrN2O4/c1-11-4-6-17(26-3)15(8-11)23-18(24)10-22-20(25)19-12(2)14-9-13(21)5-7-16(14)27-19/h4-9H,10H2,1-3H3,(H,22,25)(H,23,24). The van der Waals surface area contributed by atoms with Gasteiger partial charge in [-0.05, 0) is 49.7 Å². The molecule has 27 heavy (non-hydrogen) atoms. The zero-order valence-corrected chi connectivity index (χ0v) is 16.8. The van der Waals surface area contributed by atoms with Crippen LogP contribution in [0.2, 0.25) is 0 Å². The molecule has 1 aromatic heterocycles. The van der Waals surface area contributed by atoms with Crippen molar-refractivity contribution in [2.75, 3.05) is 19.0 Å². The Morgan fingerprint density at radius 1 is 1.15 bits per heavy atom. The maximum atomic E-state index is 12.4. The average Bonchev–Trinajstić information content (AvgIpc) is 2.96. The molecule has 0 fully saturated rings. The van der Waals surface area contributed by atoms with Gasteiger partial charge in [0.25, 0.3) is 5.91 Å². The van der Waals surface area contributed by atoms with Gasteiger partial charge in [0.2, 0.25) is 5.91 Å². The van der Waals surface area contributed by atoms with E-state index in [1.165, 1.54) is 7.11 Å². The first-order chi connectivity index (χ1) is 12.9. The molecule has 0 bridgehead atoms. The van der Waals surface area contributed by atoms with Crippen molar-refractivity contribution < 1.29 is 18.7 Å². The van der Waals surface area contributed by atoms with E-state index in [0.29, 0.717) is 17.0 Å². The molecule has 0 saturated carbocycles. The number of amides is 2. The molecular formula is C20H19BrN2O4. The van der Waals surface area contributed by atoms with Crippen molar-refractivity contribution in [2.24, 2.45) is 0 Å². The van der Waals surface area contributed by atoms with Gasteiger partial charge in [-0.2, -0.15) is 0 Å². The molecule has 0 spiro atoms. The zero-order valence-electron chi connectivity index (χ0n) is 15.2. The number of fused-ring (bicyclic) bond motifs is 1. The number of ether oxygens (including phenoxy) is 1. The van der Waals surface area contributed by atoms with E-state index in [4.69, 9.17) is 9.15 Å². The predicted molar refractivity (Wildman–Crippen MR) is 107 cm³/mol. The lowest BCUT2D eigenvalue weighted by molar-refractivity contribution is -0.115. The van der Waals surface area contributed by atoms with Gasteiger partial charge in [-0.25, -0.2) is 0 Å². The molecule has 6 nitrogen and oxygen atoms in total. The number of halogens is 1. The summed E-state index contributed by atoms with van der Waals surface area (Å²) in [5.41, 5.74) is 2.89. The molecular weight excluding hydrogens is 412 g/mol. The molecule has 2 N–H and O–H groups in total.